The van der Waals surface area contributed by atoms with Gasteiger partial charge in [0, 0.05) is 17.4 Å². The fourth-order valence-corrected chi connectivity index (χ4v) is 1.96. The molecule has 112 valence electrons. The van der Waals surface area contributed by atoms with Gasteiger partial charge in [0.05, 0.1) is 13.1 Å². The molecule has 1 heterocycles. The van der Waals surface area contributed by atoms with Gasteiger partial charge < -0.3 is 15.1 Å². The number of fused-ring (bicyclic) bond motifs is 1. The van der Waals surface area contributed by atoms with Crippen LogP contribution in [0.1, 0.15) is 24.7 Å². The molecule has 0 saturated heterocycles. The van der Waals surface area contributed by atoms with Gasteiger partial charge in [0.2, 0.25) is 11.8 Å². The van der Waals surface area contributed by atoms with Crippen molar-refractivity contribution in [1.29, 1.82) is 0 Å². The lowest BCUT2D eigenvalue weighted by atomic mass is 10.1. The normalized spacial score (nSPS) is 10.6. The number of rotatable bonds is 5. The van der Waals surface area contributed by atoms with Crippen molar-refractivity contribution in [3.8, 4) is 0 Å². The fourth-order valence-electron chi connectivity index (χ4n) is 1.96. The van der Waals surface area contributed by atoms with E-state index in [1.54, 1.807) is 13.0 Å². The van der Waals surface area contributed by atoms with Crippen molar-refractivity contribution in [2.45, 2.75) is 26.8 Å². The van der Waals surface area contributed by atoms with Gasteiger partial charge in [-0.2, -0.15) is 0 Å². The summed E-state index contributed by atoms with van der Waals surface area (Å²) in [5.41, 5.74) is 1.37. The lowest BCUT2D eigenvalue weighted by Crippen LogP contribution is -2.36. The van der Waals surface area contributed by atoms with Gasteiger partial charge in [0.15, 0.2) is 0 Å². The summed E-state index contributed by atoms with van der Waals surface area (Å²) in [7, 11) is 0. The average Bonchev–Trinajstić information content (AvgIpc) is 2.79. The highest BCUT2D eigenvalue weighted by molar-refractivity contribution is 5.85. The molecule has 2 amide bonds. The van der Waals surface area contributed by atoms with Crippen molar-refractivity contribution in [2.24, 2.45) is 0 Å². The van der Waals surface area contributed by atoms with Gasteiger partial charge >= 0.3 is 0 Å². The highest BCUT2D eigenvalue weighted by atomic mass is 19.1. The molecule has 1 aromatic carbocycles. The Labute approximate surface area is 121 Å². The number of aryl methyl sites for hydroxylation is 1. The molecule has 0 saturated carbocycles. The third-order valence-corrected chi connectivity index (χ3v) is 3.21. The van der Waals surface area contributed by atoms with Gasteiger partial charge in [-0.15, -0.1) is 0 Å². The van der Waals surface area contributed by atoms with E-state index in [0.29, 0.717) is 23.2 Å². The molecular formula is C15H17FN2O3. The van der Waals surface area contributed by atoms with Gasteiger partial charge in [0.25, 0.3) is 0 Å². The Hall–Kier alpha value is -2.37. The van der Waals surface area contributed by atoms with Crippen molar-refractivity contribution >= 4 is 22.8 Å². The first kappa shape index (κ1) is 15.0. The lowest BCUT2D eigenvalue weighted by molar-refractivity contribution is -0.126. The van der Waals surface area contributed by atoms with Gasteiger partial charge in [-0.05, 0) is 25.1 Å². The summed E-state index contributed by atoms with van der Waals surface area (Å²) < 4.78 is 18.8. The van der Waals surface area contributed by atoms with Crippen LogP contribution in [0.5, 0.6) is 0 Å². The zero-order valence-electron chi connectivity index (χ0n) is 12.0. The maximum atomic E-state index is 13.2. The molecule has 0 fully saturated rings. The minimum atomic E-state index is -0.329. The van der Waals surface area contributed by atoms with Crippen LogP contribution >= 0.6 is 0 Å². The van der Waals surface area contributed by atoms with Crippen molar-refractivity contribution in [3.05, 3.63) is 35.3 Å². The maximum Gasteiger partial charge on any atom is 0.239 e. The number of halogens is 1. The maximum absolute atomic E-state index is 13.2. The molecule has 0 atom stereocenters. The second kappa shape index (κ2) is 6.39. The molecule has 0 aliphatic heterocycles. The summed E-state index contributed by atoms with van der Waals surface area (Å²) >= 11 is 0. The molecule has 2 rings (SSSR count). The molecule has 5 nitrogen and oxygen atoms in total. The number of nitrogens with one attached hydrogen (secondary N) is 2. The number of carbonyl (C=O) groups excluding carboxylic acids is 2. The smallest absolute Gasteiger partial charge is 0.239 e. The molecule has 0 aliphatic rings. The predicted molar refractivity (Wildman–Crippen MR) is 76.1 cm³/mol. The van der Waals surface area contributed by atoms with Crippen LogP contribution < -0.4 is 10.6 Å². The van der Waals surface area contributed by atoms with E-state index in [-0.39, 0.29) is 30.7 Å². The average molecular weight is 292 g/mol. The predicted octanol–water partition coefficient (Wildman–Crippen LogP) is 2.02. The standard InChI is InChI=1S/C15H17FN2O3/c1-3-14(19)18-8-15(20)17-7-13-9(2)11-6-10(16)4-5-12(11)21-13/h4-6H,3,7-8H2,1-2H3,(H,17,20)(H,18,19). The topological polar surface area (TPSA) is 71.3 Å². The van der Waals surface area contributed by atoms with E-state index >= 15 is 0 Å². The minimum absolute atomic E-state index is 0.0689. The summed E-state index contributed by atoms with van der Waals surface area (Å²) in [5, 5.41) is 5.83. The second-order valence-corrected chi connectivity index (χ2v) is 4.70. The zero-order chi connectivity index (χ0) is 15.4. The van der Waals surface area contributed by atoms with E-state index in [4.69, 9.17) is 4.42 Å². The van der Waals surface area contributed by atoms with Gasteiger partial charge in [-0.1, -0.05) is 6.92 Å². The summed E-state index contributed by atoms with van der Waals surface area (Å²) in [6.45, 7) is 3.65. The molecule has 21 heavy (non-hydrogen) atoms. The van der Waals surface area contributed by atoms with Gasteiger partial charge in [0.1, 0.15) is 17.2 Å². The van der Waals surface area contributed by atoms with E-state index in [0.717, 1.165) is 5.56 Å². The molecule has 0 unspecified atom stereocenters. The molecule has 0 radical (unpaired) electrons. The first-order valence-electron chi connectivity index (χ1n) is 6.72. The molecule has 6 heteroatoms. The molecule has 1 aromatic heterocycles. The Kier molecular flexibility index (Phi) is 4.57. The fraction of sp³-hybridized carbons (Fsp3) is 0.333. The quantitative estimate of drug-likeness (QED) is 0.885. The van der Waals surface area contributed by atoms with Gasteiger partial charge in [-0.3, -0.25) is 9.59 Å². The highest BCUT2D eigenvalue weighted by Crippen LogP contribution is 2.25. The largest absolute Gasteiger partial charge is 0.459 e. The van der Waals surface area contributed by atoms with Gasteiger partial charge in [-0.25, -0.2) is 4.39 Å². The van der Waals surface area contributed by atoms with E-state index in [1.807, 2.05) is 6.92 Å². The molecular weight excluding hydrogens is 275 g/mol. The number of hydrogen-bond acceptors (Lipinski definition) is 3. The molecule has 0 aliphatic carbocycles. The number of carbonyl (C=O) groups is 2. The van der Waals surface area contributed by atoms with Crippen LogP contribution in [0.2, 0.25) is 0 Å². The number of benzene rings is 1. The molecule has 0 bridgehead atoms. The van der Waals surface area contributed by atoms with Crippen molar-refractivity contribution in [1.82, 2.24) is 10.6 Å². The summed E-state index contributed by atoms with van der Waals surface area (Å²) in [4.78, 5) is 22.6. The van der Waals surface area contributed by atoms with Crippen LogP contribution in [-0.2, 0) is 16.1 Å². The Balaban J connectivity index is 1.99. The van der Waals surface area contributed by atoms with Crippen LogP contribution in [0.4, 0.5) is 4.39 Å². The Morgan fingerprint density at radius 3 is 2.71 bits per heavy atom. The Bertz CT molecular complexity index is 679. The van der Waals surface area contributed by atoms with E-state index in [2.05, 4.69) is 10.6 Å². The Morgan fingerprint density at radius 1 is 1.24 bits per heavy atom. The first-order valence-corrected chi connectivity index (χ1v) is 6.72. The van der Waals surface area contributed by atoms with E-state index in [1.165, 1.54) is 12.1 Å². The molecule has 0 spiro atoms. The third kappa shape index (κ3) is 3.59. The summed E-state index contributed by atoms with van der Waals surface area (Å²) in [6, 6.07) is 4.29. The SMILES string of the molecule is CCC(=O)NCC(=O)NCc1oc2ccc(F)cc2c1C. The second-order valence-electron chi connectivity index (χ2n) is 4.70. The van der Waals surface area contributed by atoms with Crippen LogP contribution in [-0.4, -0.2) is 18.4 Å². The van der Waals surface area contributed by atoms with Crippen LogP contribution in [0.3, 0.4) is 0 Å². The van der Waals surface area contributed by atoms with Crippen molar-refractivity contribution in [2.75, 3.05) is 6.54 Å². The highest BCUT2D eigenvalue weighted by Gasteiger charge is 2.12. The number of hydrogen-bond donors (Lipinski definition) is 2. The van der Waals surface area contributed by atoms with Crippen molar-refractivity contribution < 1.29 is 18.4 Å². The van der Waals surface area contributed by atoms with Crippen LogP contribution in [0, 0.1) is 12.7 Å². The molecule has 2 aromatic rings. The number of furan rings is 1. The van der Waals surface area contributed by atoms with E-state index < -0.39 is 0 Å². The zero-order valence-corrected chi connectivity index (χ0v) is 12.0. The van der Waals surface area contributed by atoms with Crippen molar-refractivity contribution in [3.63, 3.8) is 0 Å². The molecule has 2 N–H and O–H groups in total. The summed E-state index contributed by atoms with van der Waals surface area (Å²) in [5.74, 6) is -0.238. The Morgan fingerprint density at radius 2 is 2.00 bits per heavy atom. The third-order valence-electron chi connectivity index (χ3n) is 3.21. The van der Waals surface area contributed by atoms with Crippen LogP contribution in [0.15, 0.2) is 22.6 Å². The first-order chi connectivity index (χ1) is 10.0. The monoisotopic (exact) mass is 292 g/mol. The summed E-state index contributed by atoms with van der Waals surface area (Å²) in [6.07, 6.45) is 0.335. The number of amides is 2. The lowest BCUT2D eigenvalue weighted by Gasteiger charge is -2.05. The van der Waals surface area contributed by atoms with E-state index in [9.17, 15) is 14.0 Å². The minimum Gasteiger partial charge on any atom is -0.459 e. The van der Waals surface area contributed by atoms with Crippen LogP contribution in [0.25, 0.3) is 11.0 Å².